The van der Waals surface area contributed by atoms with Crippen molar-refractivity contribution >= 4 is 27.5 Å². The Morgan fingerprint density at radius 3 is 2.64 bits per heavy atom. The van der Waals surface area contributed by atoms with Crippen LogP contribution >= 0.6 is 15.9 Å². The maximum Gasteiger partial charge on any atom is 0.436 e. The van der Waals surface area contributed by atoms with Gasteiger partial charge in [-0.1, -0.05) is 12.1 Å². The van der Waals surface area contributed by atoms with Crippen LogP contribution in [0.15, 0.2) is 22.7 Å². The summed E-state index contributed by atoms with van der Waals surface area (Å²) in [5, 5.41) is 6.41. The topological polar surface area (TPSA) is 46.9 Å². The highest BCUT2D eigenvalue weighted by Gasteiger charge is 2.41. The monoisotopic (exact) mass is 415 g/mol. The lowest BCUT2D eigenvalue weighted by Crippen LogP contribution is -2.21. The largest absolute Gasteiger partial charge is 0.436 e. The molecule has 0 atom stereocenters. The summed E-state index contributed by atoms with van der Waals surface area (Å²) in [4.78, 5) is 12.3. The average molecular weight is 416 g/mol. The first-order chi connectivity index (χ1) is 11.7. The van der Waals surface area contributed by atoms with Crippen molar-refractivity contribution in [2.75, 3.05) is 5.32 Å². The zero-order valence-electron chi connectivity index (χ0n) is 13.7. The summed E-state index contributed by atoms with van der Waals surface area (Å²) in [6.45, 7) is 3.55. The van der Waals surface area contributed by atoms with Crippen molar-refractivity contribution in [1.29, 1.82) is 0 Å². The Hall–Kier alpha value is -1.83. The van der Waals surface area contributed by atoms with E-state index in [-0.39, 0.29) is 16.9 Å². The molecule has 0 radical (unpaired) electrons. The van der Waals surface area contributed by atoms with Gasteiger partial charge in [0.15, 0.2) is 5.69 Å². The van der Waals surface area contributed by atoms with E-state index >= 15 is 0 Å². The van der Waals surface area contributed by atoms with Gasteiger partial charge >= 0.3 is 6.18 Å². The van der Waals surface area contributed by atoms with Crippen LogP contribution in [0.25, 0.3) is 0 Å². The lowest BCUT2D eigenvalue weighted by Gasteiger charge is -2.11. The number of anilines is 1. The van der Waals surface area contributed by atoms with Crippen molar-refractivity contribution in [3.63, 3.8) is 0 Å². The van der Waals surface area contributed by atoms with E-state index in [4.69, 9.17) is 0 Å². The van der Waals surface area contributed by atoms with Crippen molar-refractivity contribution in [2.24, 2.45) is 0 Å². The van der Waals surface area contributed by atoms with Crippen LogP contribution in [-0.4, -0.2) is 15.7 Å². The Kier molecular flexibility index (Phi) is 4.66. The lowest BCUT2D eigenvalue weighted by atomic mass is 10.1. The van der Waals surface area contributed by atoms with Crippen LogP contribution in [0.3, 0.4) is 0 Å². The predicted octanol–water partition coefficient (Wildman–Crippen LogP) is 4.80. The molecule has 1 saturated carbocycles. The number of nitrogens with zero attached hydrogens (tertiary/aromatic N) is 2. The number of carbonyl (C=O) groups excluding carboxylic acids is 1. The SMILES string of the molecule is Cc1cccc(NC(=O)Cn2nc(C(F)(F)F)c(Br)c2C2CC2)c1C. The molecular weight excluding hydrogens is 399 g/mol. The molecule has 1 aromatic carbocycles. The minimum absolute atomic E-state index is 0.0199. The molecule has 0 unspecified atom stereocenters. The highest BCUT2D eigenvalue weighted by Crippen LogP contribution is 2.46. The maximum atomic E-state index is 13.1. The molecular formula is C17H17BrF3N3O. The summed E-state index contributed by atoms with van der Waals surface area (Å²) in [5.74, 6) is -0.384. The second-order valence-corrected chi connectivity index (χ2v) is 7.07. The minimum atomic E-state index is -4.56. The van der Waals surface area contributed by atoms with E-state index < -0.39 is 17.8 Å². The van der Waals surface area contributed by atoms with Crippen molar-refractivity contribution in [1.82, 2.24) is 9.78 Å². The molecule has 4 nitrogen and oxygen atoms in total. The van der Waals surface area contributed by atoms with Gasteiger partial charge in [-0.25, -0.2) is 0 Å². The van der Waals surface area contributed by atoms with E-state index in [1.165, 1.54) is 4.68 Å². The molecule has 1 aliphatic rings. The van der Waals surface area contributed by atoms with E-state index in [0.717, 1.165) is 24.0 Å². The molecule has 2 aromatic rings. The van der Waals surface area contributed by atoms with E-state index in [1.807, 2.05) is 26.0 Å². The van der Waals surface area contributed by atoms with Gasteiger partial charge in [0.25, 0.3) is 0 Å². The number of hydrogen-bond donors (Lipinski definition) is 1. The number of aromatic nitrogens is 2. The quantitative estimate of drug-likeness (QED) is 0.779. The lowest BCUT2D eigenvalue weighted by molar-refractivity contribution is -0.142. The zero-order valence-corrected chi connectivity index (χ0v) is 15.3. The second-order valence-electron chi connectivity index (χ2n) is 6.27. The van der Waals surface area contributed by atoms with Crippen molar-refractivity contribution in [2.45, 2.75) is 45.3 Å². The van der Waals surface area contributed by atoms with Crippen LogP contribution in [0.5, 0.6) is 0 Å². The Bertz CT molecular complexity index is 825. The average Bonchev–Trinajstić information content (AvgIpc) is 3.27. The van der Waals surface area contributed by atoms with Crippen LogP contribution in [0, 0.1) is 13.8 Å². The van der Waals surface area contributed by atoms with Crippen LogP contribution in [-0.2, 0) is 17.5 Å². The first-order valence-electron chi connectivity index (χ1n) is 7.88. The Morgan fingerprint density at radius 2 is 2.04 bits per heavy atom. The van der Waals surface area contributed by atoms with Gasteiger partial charge in [-0.15, -0.1) is 0 Å². The fourth-order valence-corrected chi connectivity index (χ4v) is 3.55. The molecule has 3 rings (SSSR count). The number of amides is 1. The van der Waals surface area contributed by atoms with Crippen molar-refractivity contribution < 1.29 is 18.0 Å². The van der Waals surface area contributed by atoms with Crippen LogP contribution in [0.4, 0.5) is 18.9 Å². The molecule has 0 aliphatic heterocycles. The van der Waals surface area contributed by atoms with Gasteiger partial charge in [-0.3, -0.25) is 9.48 Å². The van der Waals surface area contributed by atoms with Gasteiger partial charge in [0.2, 0.25) is 5.91 Å². The summed E-state index contributed by atoms with van der Waals surface area (Å²) < 4.78 is 40.4. The van der Waals surface area contributed by atoms with E-state index in [1.54, 1.807) is 6.07 Å². The first kappa shape index (κ1) is 18.0. The molecule has 1 fully saturated rings. The van der Waals surface area contributed by atoms with E-state index in [9.17, 15) is 18.0 Å². The molecule has 0 spiro atoms. The number of aryl methyl sites for hydroxylation is 1. The molecule has 0 bridgehead atoms. The van der Waals surface area contributed by atoms with Crippen LogP contribution in [0.2, 0.25) is 0 Å². The number of nitrogens with one attached hydrogen (secondary N) is 1. The molecule has 1 heterocycles. The van der Waals surface area contributed by atoms with Gasteiger partial charge in [-0.2, -0.15) is 18.3 Å². The maximum absolute atomic E-state index is 13.1. The fourth-order valence-electron chi connectivity index (χ4n) is 2.71. The summed E-state index contributed by atoms with van der Waals surface area (Å²) in [6, 6.07) is 5.51. The van der Waals surface area contributed by atoms with Gasteiger partial charge in [0.05, 0.1) is 10.2 Å². The van der Waals surface area contributed by atoms with Crippen LogP contribution < -0.4 is 5.32 Å². The number of halogens is 4. The van der Waals surface area contributed by atoms with Gasteiger partial charge < -0.3 is 5.32 Å². The Labute approximate surface area is 151 Å². The molecule has 25 heavy (non-hydrogen) atoms. The van der Waals surface area contributed by atoms with Crippen molar-refractivity contribution in [3.05, 3.63) is 45.2 Å². The second kappa shape index (κ2) is 6.48. The molecule has 1 amide bonds. The van der Waals surface area contributed by atoms with Gasteiger partial charge in [0, 0.05) is 11.6 Å². The van der Waals surface area contributed by atoms with Gasteiger partial charge in [-0.05, 0) is 59.8 Å². The highest BCUT2D eigenvalue weighted by atomic mass is 79.9. The molecule has 1 aromatic heterocycles. The summed E-state index contributed by atoms with van der Waals surface area (Å²) in [5.41, 5.74) is 2.08. The summed E-state index contributed by atoms with van der Waals surface area (Å²) in [6.07, 6.45) is -2.95. The molecule has 0 saturated heterocycles. The molecule has 8 heteroatoms. The van der Waals surface area contributed by atoms with Gasteiger partial charge in [0.1, 0.15) is 6.54 Å². The number of rotatable bonds is 4. The first-order valence-corrected chi connectivity index (χ1v) is 8.67. The Morgan fingerprint density at radius 1 is 1.36 bits per heavy atom. The predicted molar refractivity (Wildman–Crippen MR) is 91.4 cm³/mol. The van der Waals surface area contributed by atoms with E-state index in [0.29, 0.717) is 11.4 Å². The number of carbonyl (C=O) groups is 1. The third-order valence-corrected chi connectivity index (χ3v) is 5.12. The third kappa shape index (κ3) is 3.73. The zero-order chi connectivity index (χ0) is 18.4. The highest BCUT2D eigenvalue weighted by molar-refractivity contribution is 9.10. The standard InChI is InChI=1S/C17H17BrF3N3O/c1-9-4-3-5-12(10(9)2)22-13(25)8-24-15(11-6-7-11)14(18)16(23-24)17(19,20)21/h3-5,11H,6-8H2,1-2H3,(H,22,25). The third-order valence-electron chi connectivity index (χ3n) is 4.34. The number of benzene rings is 1. The molecule has 134 valence electrons. The fraction of sp³-hybridized carbons (Fsp3) is 0.412. The smallest absolute Gasteiger partial charge is 0.324 e. The normalized spacial score (nSPS) is 14.6. The van der Waals surface area contributed by atoms with Crippen molar-refractivity contribution in [3.8, 4) is 0 Å². The van der Waals surface area contributed by atoms with E-state index in [2.05, 4.69) is 26.3 Å². The Balaban J connectivity index is 1.85. The number of alkyl halides is 3. The molecule has 1 N–H and O–H groups in total. The minimum Gasteiger partial charge on any atom is -0.324 e. The molecule has 1 aliphatic carbocycles. The summed E-state index contributed by atoms with van der Waals surface area (Å²) in [7, 11) is 0. The summed E-state index contributed by atoms with van der Waals surface area (Å²) >= 11 is 3.02. The van der Waals surface area contributed by atoms with Crippen LogP contribution in [0.1, 0.15) is 41.3 Å². The number of hydrogen-bond acceptors (Lipinski definition) is 2.